The van der Waals surface area contributed by atoms with Gasteiger partial charge in [0.25, 0.3) is 20.1 Å². The number of hydrogen-bond donors (Lipinski definition) is 2. The first kappa shape index (κ1) is 23.5. The third-order valence-electron chi connectivity index (χ3n) is 4.92. The summed E-state index contributed by atoms with van der Waals surface area (Å²) >= 11 is 0. The monoisotopic (exact) mass is 488 g/mol. The van der Waals surface area contributed by atoms with Crippen LogP contribution in [0.2, 0.25) is 0 Å². The number of carbonyl (C=O) groups excluding carboxylic acids is 2. The van der Waals surface area contributed by atoms with Gasteiger partial charge in [0.2, 0.25) is 0 Å². The highest BCUT2D eigenvalue weighted by Gasteiger charge is 2.36. The number of hydrogen-bond acceptors (Lipinski definition) is 8. The number of rotatable bonds is 6. The number of para-hydroxylation sites is 2. The van der Waals surface area contributed by atoms with Gasteiger partial charge in [-0.1, -0.05) is 24.3 Å². The molecule has 0 aliphatic heterocycles. The fourth-order valence-electron chi connectivity index (χ4n) is 3.15. The molecule has 0 aromatic heterocycles. The summed E-state index contributed by atoms with van der Waals surface area (Å²) in [6, 6.07) is 24.2. The SMILES string of the molecule is Nc1ccc(Oc2ccccc2C(=O)S(=O)(=O)C(=O)c2ccccc2Oc2ccc(N)cc2)cc1. The Hall–Kier alpha value is -4.63. The third kappa shape index (κ3) is 5.15. The Balaban J connectivity index is 1.65. The van der Waals surface area contributed by atoms with Gasteiger partial charge in [0, 0.05) is 11.4 Å². The average molecular weight is 489 g/mol. The maximum atomic E-state index is 13.1. The minimum absolute atomic E-state index is 0.0231. The van der Waals surface area contributed by atoms with Crippen molar-refractivity contribution in [1.29, 1.82) is 0 Å². The van der Waals surface area contributed by atoms with Crippen molar-refractivity contribution in [2.24, 2.45) is 0 Å². The molecule has 9 heteroatoms. The predicted octanol–water partition coefficient (Wildman–Crippen LogP) is 4.83. The van der Waals surface area contributed by atoms with E-state index in [1.807, 2.05) is 0 Å². The first-order valence-corrected chi connectivity index (χ1v) is 11.8. The zero-order valence-electron chi connectivity index (χ0n) is 18.3. The van der Waals surface area contributed by atoms with Gasteiger partial charge in [-0.15, -0.1) is 0 Å². The Morgan fingerprint density at radius 3 is 1.26 bits per heavy atom. The van der Waals surface area contributed by atoms with Gasteiger partial charge in [-0.2, -0.15) is 0 Å². The molecule has 176 valence electrons. The van der Waals surface area contributed by atoms with Crippen molar-refractivity contribution < 1.29 is 27.5 Å². The van der Waals surface area contributed by atoms with E-state index in [0.717, 1.165) is 0 Å². The van der Waals surface area contributed by atoms with Gasteiger partial charge in [0.05, 0.1) is 11.1 Å². The maximum absolute atomic E-state index is 13.1. The summed E-state index contributed by atoms with van der Waals surface area (Å²) in [6.45, 7) is 0. The van der Waals surface area contributed by atoms with Crippen LogP contribution in [0.5, 0.6) is 23.0 Å². The van der Waals surface area contributed by atoms with Crippen LogP contribution in [0.25, 0.3) is 0 Å². The van der Waals surface area contributed by atoms with Gasteiger partial charge >= 0.3 is 0 Å². The molecule has 35 heavy (non-hydrogen) atoms. The number of ether oxygens (including phenoxy) is 2. The van der Waals surface area contributed by atoms with E-state index in [9.17, 15) is 18.0 Å². The second-order valence-electron chi connectivity index (χ2n) is 7.41. The summed E-state index contributed by atoms with van der Waals surface area (Å²) in [4.78, 5) is 26.2. The molecule has 0 fully saturated rings. The van der Waals surface area contributed by atoms with E-state index in [0.29, 0.717) is 22.9 Å². The Labute approximate surface area is 201 Å². The lowest BCUT2D eigenvalue weighted by Gasteiger charge is -2.12. The number of anilines is 2. The number of nitrogens with two attached hydrogens (primary N) is 2. The number of benzene rings is 4. The van der Waals surface area contributed by atoms with Gasteiger partial charge in [0.15, 0.2) is 0 Å². The number of carbonyl (C=O) groups is 2. The van der Waals surface area contributed by atoms with Crippen LogP contribution in [-0.4, -0.2) is 18.6 Å². The van der Waals surface area contributed by atoms with E-state index in [4.69, 9.17) is 20.9 Å². The zero-order valence-corrected chi connectivity index (χ0v) is 19.1. The summed E-state index contributed by atoms with van der Waals surface area (Å²) in [7, 11) is -4.97. The van der Waals surface area contributed by atoms with Crippen molar-refractivity contribution in [2.75, 3.05) is 11.5 Å². The van der Waals surface area contributed by atoms with E-state index >= 15 is 0 Å². The molecule has 0 amide bonds. The van der Waals surface area contributed by atoms with Crippen molar-refractivity contribution in [3.63, 3.8) is 0 Å². The van der Waals surface area contributed by atoms with Crippen molar-refractivity contribution in [3.05, 3.63) is 108 Å². The molecule has 0 atom stereocenters. The van der Waals surface area contributed by atoms with Crippen LogP contribution in [0.4, 0.5) is 11.4 Å². The molecular formula is C26H20N2O6S. The van der Waals surface area contributed by atoms with E-state index in [-0.39, 0.29) is 22.6 Å². The quantitative estimate of drug-likeness (QED) is 0.368. The van der Waals surface area contributed by atoms with Crippen molar-refractivity contribution >= 4 is 31.4 Å². The van der Waals surface area contributed by atoms with Gasteiger partial charge in [0.1, 0.15) is 23.0 Å². The molecule has 4 aromatic carbocycles. The van der Waals surface area contributed by atoms with Gasteiger partial charge in [-0.05, 0) is 72.8 Å². The molecule has 4 N–H and O–H groups in total. The van der Waals surface area contributed by atoms with E-state index in [2.05, 4.69) is 0 Å². The van der Waals surface area contributed by atoms with Gasteiger partial charge in [-0.3, -0.25) is 9.59 Å². The van der Waals surface area contributed by atoms with E-state index in [1.54, 1.807) is 60.7 Å². The topological polar surface area (TPSA) is 139 Å². The molecule has 0 saturated heterocycles. The molecule has 0 spiro atoms. The molecule has 0 saturated carbocycles. The fourth-order valence-corrected chi connectivity index (χ4v) is 4.23. The first-order chi connectivity index (χ1) is 16.8. The fraction of sp³-hybridized carbons (Fsp3) is 0. The van der Waals surface area contributed by atoms with Crippen LogP contribution in [0.15, 0.2) is 97.1 Å². The number of nitrogen functional groups attached to an aromatic ring is 2. The van der Waals surface area contributed by atoms with Crippen molar-refractivity contribution in [1.82, 2.24) is 0 Å². The molecule has 0 aliphatic rings. The molecule has 0 aliphatic carbocycles. The van der Waals surface area contributed by atoms with Crippen LogP contribution < -0.4 is 20.9 Å². The molecule has 8 nitrogen and oxygen atoms in total. The van der Waals surface area contributed by atoms with Crippen LogP contribution in [0, 0.1) is 0 Å². The molecule has 0 heterocycles. The molecule has 4 aromatic rings. The minimum Gasteiger partial charge on any atom is -0.457 e. The standard InChI is InChI=1S/C26H20N2O6S/c27-17-9-13-19(14-10-17)33-23-7-3-1-5-21(23)25(29)35(31,32)26(30)22-6-2-4-8-24(22)34-20-15-11-18(28)12-16-20/h1-16H,27-28H2. The Kier molecular flexibility index (Phi) is 6.52. The summed E-state index contributed by atoms with van der Waals surface area (Å²) in [5.74, 6) is 0.631. The highest BCUT2D eigenvalue weighted by molar-refractivity contribution is 8.19. The largest absolute Gasteiger partial charge is 0.457 e. The molecular weight excluding hydrogens is 468 g/mol. The lowest BCUT2D eigenvalue weighted by Crippen LogP contribution is -2.25. The summed E-state index contributed by atoms with van der Waals surface area (Å²) < 4.78 is 37.6. The predicted molar refractivity (Wildman–Crippen MR) is 132 cm³/mol. The highest BCUT2D eigenvalue weighted by atomic mass is 32.2. The van der Waals surface area contributed by atoms with Crippen LogP contribution in [0.1, 0.15) is 20.7 Å². The Bertz CT molecular complexity index is 1390. The minimum atomic E-state index is -4.97. The lowest BCUT2D eigenvalue weighted by molar-refractivity contribution is 0.104. The Morgan fingerprint density at radius 2 is 0.886 bits per heavy atom. The Morgan fingerprint density at radius 1 is 0.543 bits per heavy atom. The first-order valence-electron chi connectivity index (χ1n) is 10.3. The lowest BCUT2D eigenvalue weighted by atomic mass is 10.2. The molecule has 0 unspecified atom stereocenters. The highest BCUT2D eigenvalue weighted by Crippen LogP contribution is 2.31. The van der Waals surface area contributed by atoms with Gasteiger partial charge in [-0.25, -0.2) is 8.42 Å². The molecule has 4 rings (SSSR count). The van der Waals surface area contributed by atoms with Crippen molar-refractivity contribution in [2.45, 2.75) is 0 Å². The summed E-state index contributed by atoms with van der Waals surface area (Å²) in [5, 5.41) is -2.79. The normalized spacial score (nSPS) is 11.0. The maximum Gasteiger partial charge on any atom is 0.288 e. The van der Waals surface area contributed by atoms with E-state index in [1.165, 1.54) is 36.4 Å². The van der Waals surface area contributed by atoms with E-state index < -0.39 is 20.1 Å². The zero-order chi connectivity index (χ0) is 25.0. The van der Waals surface area contributed by atoms with Gasteiger partial charge < -0.3 is 20.9 Å². The number of sulfone groups is 1. The van der Waals surface area contributed by atoms with Crippen LogP contribution in [0.3, 0.4) is 0 Å². The summed E-state index contributed by atoms with van der Waals surface area (Å²) in [6.07, 6.45) is 0. The second kappa shape index (κ2) is 9.70. The van der Waals surface area contributed by atoms with Crippen LogP contribution >= 0.6 is 0 Å². The smallest absolute Gasteiger partial charge is 0.288 e. The molecule has 0 bridgehead atoms. The van der Waals surface area contributed by atoms with Crippen LogP contribution in [-0.2, 0) is 9.84 Å². The van der Waals surface area contributed by atoms with Crippen molar-refractivity contribution in [3.8, 4) is 23.0 Å². The second-order valence-corrected chi connectivity index (χ2v) is 9.16. The third-order valence-corrected chi connectivity index (χ3v) is 6.33. The molecule has 0 radical (unpaired) electrons. The summed E-state index contributed by atoms with van der Waals surface area (Å²) in [5.41, 5.74) is 11.8. The average Bonchev–Trinajstić information content (AvgIpc) is 2.86.